The molecule has 0 saturated heterocycles. The van der Waals surface area contributed by atoms with Crippen LogP contribution in [-0.4, -0.2) is 26.6 Å². The number of hydrogen-bond acceptors (Lipinski definition) is 4. The average Bonchev–Trinajstić information content (AvgIpc) is 2.45. The van der Waals surface area contributed by atoms with Crippen LogP contribution in [0.1, 0.15) is 41.6 Å². The zero-order chi connectivity index (χ0) is 17.4. The number of aromatic carboxylic acids is 1. The standard InChI is InChI=1S/C16H15BrN2O4/c1-16(2,3)13(20)12-8-11(15(22)23)14(21)19(18-12)10-6-4-5-9(17)7-10/h4-8H,1-3H3,(H,22,23). The monoisotopic (exact) mass is 378 g/mol. The van der Waals surface area contributed by atoms with Crippen LogP contribution < -0.4 is 5.56 Å². The van der Waals surface area contributed by atoms with Crippen LogP contribution in [0.15, 0.2) is 39.6 Å². The average molecular weight is 379 g/mol. The highest BCUT2D eigenvalue weighted by Gasteiger charge is 2.27. The summed E-state index contributed by atoms with van der Waals surface area (Å²) in [5.74, 6) is -1.74. The molecule has 0 fully saturated rings. The van der Waals surface area contributed by atoms with Gasteiger partial charge in [0.2, 0.25) is 0 Å². The first-order valence-corrected chi connectivity index (χ1v) is 7.59. The van der Waals surface area contributed by atoms with Gasteiger partial charge in [0.15, 0.2) is 5.78 Å². The number of carbonyl (C=O) groups is 2. The van der Waals surface area contributed by atoms with Crippen molar-refractivity contribution in [2.75, 3.05) is 0 Å². The third kappa shape index (κ3) is 3.56. The Labute approximate surface area is 140 Å². The van der Waals surface area contributed by atoms with Crippen LogP contribution in [0.25, 0.3) is 5.69 Å². The maximum absolute atomic E-state index is 12.4. The largest absolute Gasteiger partial charge is 0.477 e. The van der Waals surface area contributed by atoms with Gasteiger partial charge in [0.25, 0.3) is 5.56 Å². The Balaban J connectivity index is 2.77. The number of rotatable bonds is 3. The maximum atomic E-state index is 12.4. The topological polar surface area (TPSA) is 89.3 Å². The Morgan fingerprint density at radius 1 is 1.22 bits per heavy atom. The summed E-state index contributed by atoms with van der Waals surface area (Å²) in [7, 11) is 0. The van der Waals surface area contributed by atoms with Gasteiger partial charge in [-0.25, -0.2) is 4.79 Å². The summed E-state index contributed by atoms with van der Waals surface area (Å²) >= 11 is 3.28. The van der Waals surface area contributed by atoms with Crippen molar-refractivity contribution in [3.05, 3.63) is 56.4 Å². The number of nitrogens with zero attached hydrogens (tertiary/aromatic N) is 2. The van der Waals surface area contributed by atoms with E-state index in [-0.39, 0.29) is 11.5 Å². The normalized spacial score (nSPS) is 11.3. The fraction of sp³-hybridized carbons (Fsp3) is 0.250. The Morgan fingerprint density at radius 2 is 1.87 bits per heavy atom. The van der Waals surface area contributed by atoms with E-state index in [2.05, 4.69) is 21.0 Å². The molecule has 6 nitrogen and oxygen atoms in total. The van der Waals surface area contributed by atoms with Crippen LogP contribution in [0.5, 0.6) is 0 Å². The molecular weight excluding hydrogens is 364 g/mol. The minimum atomic E-state index is -1.40. The predicted molar refractivity (Wildman–Crippen MR) is 88.3 cm³/mol. The zero-order valence-corrected chi connectivity index (χ0v) is 14.4. The third-order valence-corrected chi connectivity index (χ3v) is 3.60. The molecule has 0 spiro atoms. The number of Topliss-reactive ketones (excluding diaryl/α,β-unsaturated/α-hetero) is 1. The van der Waals surface area contributed by atoms with Gasteiger partial charge < -0.3 is 5.11 Å². The smallest absolute Gasteiger partial charge is 0.341 e. The number of aromatic nitrogens is 2. The molecule has 1 aromatic heterocycles. The van der Waals surface area contributed by atoms with Gasteiger partial charge in [-0.05, 0) is 24.3 Å². The number of benzene rings is 1. The fourth-order valence-electron chi connectivity index (χ4n) is 1.93. The molecule has 1 aromatic carbocycles. The molecule has 0 saturated carbocycles. The zero-order valence-electron chi connectivity index (χ0n) is 12.8. The Kier molecular flexibility index (Phi) is 4.51. The van der Waals surface area contributed by atoms with Gasteiger partial charge in [-0.3, -0.25) is 9.59 Å². The fourth-order valence-corrected chi connectivity index (χ4v) is 2.31. The highest BCUT2D eigenvalue weighted by Crippen LogP contribution is 2.20. The van der Waals surface area contributed by atoms with Gasteiger partial charge >= 0.3 is 5.97 Å². The highest BCUT2D eigenvalue weighted by atomic mass is 79.9. The maximum Gasteiger partial charge on any atom is 0.341 e. The van der Waals surface area contributed by atoms with E-state index >= 15 is 0 Å². The molecule has 0 amide bonds. The van der Waals surface area contributed by atoms with E-state index in [0.717, 1.165) is 10.7 Å². The van der Waals surface area contributed by atoms with Gasteiger partial charge in [-0.2, -0.15) is 9.78 Å². The molecule has 0 bridgehead atoms. The van der Waals surface area contributed by atoms with Crippen LogP contribution in [0.2, 0.25) is 0 Å². The molecular formula is C16H15BrN2O4. The lowest BCUT2D eigenvalue weighted by Gasteiger charge is -2.17. The van der Waals surface area contributed by atoms with Gasteiger partial charge in [0.1, 0.15) is 11.3 Å². The molecule has 0 aliphatic heterocycles. The van der Waals surface area contributed by atoms with E-state index < -0.39 is 22.5 Å². The number of carbonyl (C=O) groups excluding carboxylic acids is 1. The molecule has 2 rings (SSSR count). The van der Waals surface area contributed by atoms with Crippen molar-refractivity contribution in [2.45, 2.75) is 20.8 Å². The van der Waals surface area contributed by atoms with E-state index in [0.29, 0.717) is 10.2 Å². The lowest BCUT2D eigenvalue weighted by molar-refractivity contribution is 0.0694. The quantitative estimate of drug-likeness (QED) is 0.829. The molecule has 0 unspecified atom stereocenters. The van der Waals surface area contributed by atoms with Crippen molar-refractivity contribution in [3.63, 3.8) is 0 Å². The summed E-state index contributed by atoms with van der Waals surface area (Å²) in [6.45, 7) is 5.10. The first kappa shape index (κ1) is 17.1. The Hall–Kier alpha value is -2.28. The van der Waals surface area contributed by atoms with Crippen LogP contribution in [0.4, 0.5) is 0 Å². The molecule has 0 aliphatic rings. The number of hydrogen-bond donors (Lipinski definition) is 1. The number of carboxylic acid groups (broad SMARTS) is 1. The predicted octanol–water partition coefficient (Wildman–Crippen LogP) is 2.92. The number of halogens is 1. The Bertz CT molecular complexity index is 850. The minimum absolute atomic E-state index is 0.0607. The SMILES string of the molecule is CC(C)(C)C(=O)c1cc(C(=O)O)c(=O)n(-c2cccc(Br)c2)n1. The molecule has 7 heteroatoms. The third-order valence-electron chi connectivity index (χ3n) is 3.11. The van der Waals surface area contributed by atoms with Crippen LogP contribution in [0, 0.1) is 5.41 Å². The second-order valence-corrected chi connectivity index (χ2v) is 6.94. The first-order chi connectivity index (χ1) is 10.6. The summed E-state index contributed by atoms with van der Waals surface area (Å²) < 4.78 is 1.64. The molecule has 1 heterocycles. The van der Waals surface area contributed by atoms with E-state index in [4.69, 9.17) is 0 Å². The lowest BCUT2D eigenvalue weighted by atomic mass is 9.88. The summed E-state index contributed by atoms with van der Waals surface area (Å²) in [5, 5.41) is 13.3. The molecule has 0 atom stereocenters. The van der Waals surface area contributed by atoms with Crippen molar-refractivity contribution >= 4 is 27.7 Å². The van der Waals surface area contributed by atoms with E-state index in [1.165, 1.54) is 0 Å². The van der Waals surface area contributed by atoms with Crippen molar-refractivity contribution in [3.8, 4) is 5.69 Å². The number of ketones is 1. The van der Waals surface area contributed by atoms with Crippen LogP contribution >= 0.6 is 15.9 Å². The van der Waals surface area contributed by atoms with Crippen molar-refractivity contribution in [1.29, 1.82) is 0 Å². The molecule has 23 heavy (non-hydrogen) atoms. The molecule has 0 aliphatic carbocycles. The molecule has 2 aromatic rings. The van der Waals surface area contributed by atoms with Gasteiger partial charge in [0.05, 0.1) is 5.69 Å². The minimum Gasteiger partial charge on any atom is -0.477 e. The highest BCUT2D eigenvalue weighted by molar-refractivity contribution is 9.10. The Morgan fingerprint density at radius 3 is 2.39 bits per heavy atom. The van der Waals surface area contributed by atoms with E-state index in [1.807, 2.05) is 0 Å². The van der Waals surface area contributed by atoms with E-state index in [1.54, 1.807) is 45.0 Å². The van der Waals surface area contributed by atoms with Crippen molar-refractivity contribution in [2.24, 2.45) is 5.41 Å². The van der Waals surface area contributed by atoms with Gasteiger partial charge in [-0.15, -0.1) is 0 Å². The van der Waals surface area contributed by atoms with Crippen LogP contribution in [-0.2, 0) is 0 Å². The second-order valence-electron chi connectivity index (χ2n) is 6.02. The van der Waals surface area contributed by atoms with Gasteiger partial charge in [0, 0.05) is 9.89 Å². The summed E-state index contributed by atoms with van der Waals surface area (Å²) in [5.41, 5.74) is -1.72. The molecule has 120 valence electrons. The number of carboxylic acids is 1. The van der Waals surface area contributed by atoms with Crippen molar-refractivity contribution < 1.29 is 14.7 Å². The van der Waals surface area contributed by atoms with Gasteiger partial charge in [-0.1, -0.05) is 42.8 Å². The van der Waals surface area contributed by atoms with Crippen LogP contribution in [0.3, 0.4) is 0 Å². The lowest BCUT2D eigenvalue weighted by Crippen LogP contribution is -2.31. The molecule has 1 N–H and O–H groups in total. The first-order valence-electron chi connectivity index (χ1n) is 6.79. The second kappa shape index (κ2) is 6.08. The van der Waals surface area contributed by atoms with Crippen molar-refractivity contribution in [1.82, 2.24) is 9.78 Å². The summed E-state index contributed by atoms with van der Waals surface area (Å²) in [4.78, 5) is 36.1. The summed E-state index contributed by atoms with van der Waals surface area (Å²) in [6, 6.07) is 7.71. The van der Waals surface area contributed by atoms with E-state index in [9.17, 15) is 19.5 Å². The molecule has 0 radical (unpaired) electrons. The summed E-state index contributed by atoms with van der Waals surface area (Å²) in [6.07, 6.45) is 0.